The Kier molecular flexibility index (Phi) is 3.36. The van der Waals surface area contributed by atoms with Crippen LogP contribution in [0.5, 0.6) is 0 Å². The number of H-pyrrole nitrogens is 1. The fourth-order valence-corrected chi connectivity index (χ4v) is 2.80. The van der Waals surface area contributed by atoms with Crippen molar-refractivity contribution in [3.63, 3.8) is 0 Å². The van der Waals surface area contributed by atoms with E-state index in [-0.39, 0.29) is 11.1 Å². The number of aromatic nitrogens is 1. The molecule has 1 atom stereocenters. The number of nitrogens with one attached hydrogen (secondary N) is 1. The average Bonchev–Trinajstić information content (AvgIpc) is 2.76. The molecular weight excluding hydrogens is 351 g/mol. The number of halogens is 4. The van der Waals surface area contributed by atoms with E-state index in [9.17, 15) is 18.0 Å². The molecule has 1 unspecified atom stereocenters. The van der Waals surface area contributed by atoms with E-state index in [0.29, 0.717) is 23.2 Å². The minimum absolute atomic E-state index is 0.268. The van der Waals surface area contributed by atoms with Crippen LogP contribution in [0.25, 0.3) is 11.1 Å². The molecule has 0 radical (unpaired) electrons. The van der Waals surface area contributed by atoms with Crippen molar-refractivity contribution in [1.29, 1.82) is 0 Å². The minimum Gasteiger partial charge on any atom is -0.408 e. The van der Waals surface area contributed by atoms with Crippen LogP contribution in [-0.2, 0) is 0 Å². The molecule has 1 aromatic heterocycles. The van der Waals surface area contributed by atoms with Gasteiger partial charge in [-0.2, -0.15) is 0 Å². The molecule has 21 heavy (non-hydrogen) atoms. The second-order valence-corrected chi connectivity index (χ2v) is 5.33. The molecule has 1 heterocycles. The highest BCUT2D eigenvalue weighted by Gasteiger charge is 2.21. The summed E-state index contributed by atoms with van der Waals surface area (Å²) < 4.78 is 45.4. The first-order chi connectivity index (χ1) is 9.95. The number of aromatic amines is 1. The van der Waals surface area contributed by atoms with Gasteiger partial charge in [0, 0.05) is 17.7 Å². The lowest BCUT2D eigenvalue weighted by Gasteiger charge is -2.12. The lowest BCUT2D eigenvalue weighted by Crippen LogP contribution is -2.01. The monoisotopic (exact) mass is 357 g/mol. The van der Waals surface area contributed by atoms with Crippen LogP contribution >= 0.6 is 15.9 Å². The number of hydrogen-bond acceptors (Lipinski definition) is 2. The summed E-state index contributed by atoms with van der Waals surface area (Å²) in [5.41, 5.74) is 0.900. The summed E-state index contributed by atoms with van der Waals surface area (Å²) in [4.78, 5) is 12.7. The highest BCUT2D eigenvalue weighted by atomic mass is 79.9. The lowest BCUT2D eigenvalue weighted by atomic mass is 10.0. The van der Waals surface area contributed by atoms with Crippen molar-refractivity contribution >= 4 is 27.0 Å². The maximum atomic E-state index is 13.8. The third-order valence-corrected chi connectivity index (χ3v) is 4.02. The van der Waals surface area contributed by atoms with Crippen LogP contribution in [0.2, 0.25) is 0 Å². The second-order valence-electron chi connectivity index (χ2n) is 4.42. The molecule has 3 rings (SSSR count). The van der Waals surface area contributed by atoms with Crippen LogP contribution in [0.15, 0.2) is 39.5 Å². The number of benzene rings is 2. The molecule has 0 spiro atoms. The molecule has 2 aromatic carbocycles. The Bertz CT molecular complexity index is 864. The van der Waals surface area contributed by atoms with Gasteiger partial charge in [-0.15, -0.1) is 0 Å². The van der Waals surface area contributed by atoms with Crippen LogP contribution in [0.4, 0.5) is 13.2 Å². The van der Waals surface area contributed by atoms with Crippen molar-refractivity contribution in [3.8, 4) is 0 Å². The Labute approximate surface area is 124 Å². The van der Waals surface area contributed by atoms with E-state index >= 15 is 0 Å². The highest BCUT2D eigenvalue weighted by molar-refractivity contribution is 9.09. The molecule has 0 fully saturated rings. The SMILES string of the molecule is O=c1[nH]c2ccc(C(Br)c3c(F)cc(F)cc3F)cc2o1. The maximum Gasteiger partial charge on any atom is 0.417 e. The van der Waals surface area contributed by atoms with E-state index in [4.69, 9.17) is 4.42 Å². The summed E-state index contributed by atoms with van der Waals surface area (Å²) in [6, 6.07) is 5.84. The van der Waals surface area contributed by atoms with Crippen LogP contribution < -0.4 is 5.76 Å². The predicted molar refractivity (Wildman–Crippen MR) is 73.9 cm³/mol. The Hall–Kier alpha value is -2.02. The zero-order valence-corrected chi connectivity index (χ0v) is 11.9. The van der Waals surface area contributed by atoms with Gasteiger partial charge in [0.05, 0.1) is 10.3 Å². The van der Waals surface area contributed by atoms with E-state index in [1.165, 1.54) is 6.07 Å². The van der Waals surface area contributed by atoms with E-state index < -0.39 is 28.0 Å². The van der Waals surface area contributed by atoms with Crippen molar-refractivity contribution in [2.75, 3.05) is 0 Å². The zero-order valence-electron chi connectivity index (χ0n) is 10.3. The van der Waals surface area contributed by atoms with E-state index in [0.717, 1.165) is 0 Å². The molecule has 0 aliphatic heterocycles. The molecule has 1 N–H and O–H groups in total. The molecule has 7 heteroatoms. The first-order valence-corrected chi connectivity index (χ1v) is 6.78. The first-order valence-electron chi connectivity index (χ1n) is 5.87. The predicted octanol–water partition coefficient (Wildman–Crippen LogP) is 4.02. The van der Waals surface area contributed by atoms with E-state index in [1.807, 2.05) is 0 Å². The van der Waals surface area contributed by atoms with Crippen LogP contribution in [-0.4, -0.2) is 4.98 Å². The van der Waals surface area contributed by atoms with E-state index in [2.05, 4.69) is 20.9 Å². The van der Waals surface area contributed by atoms with Gasteiger partial charge in [-0.3, -0.25) is 4.98 Å². The topological polar surface area (TPSA) is 46.0 Å². The van der Waals surface area contributed by atoms with Gasteiger partial charge in [-0.1, -0.05) is 22.0 Å². The number of hydrogen-bond donors (Lipinski definition) is 1. The molecule has 0 aliphatic rings. The molecule has 0 bridgehead atoms. The van der Waals surface area contributed by atoms with Crippen LogP contribution in [0, 0.1) is 17.5 Å². The normalized spacial score (nSPS) is 12.8. The summed E-state index contributed by atoms with van der Waals surface area (Å²) in [6.07, 6.45) is 0. The van der Waals surface area contributed by atoms with Gasteiger partial charge in [0.2, 0.25) is 0 Å². The number of fused-ring (bicyclic) bond motifs is 1. The third-order valence-electron chi connectivity index (χ3n) is 3.03. The number of rotatable bonds is 2. The summed E-state index contributed by atoms with van der Waals surface area (Å²) in [5, 5.41) is 0. The highest BCUT2D eigenvalue weighted by Crippen LogP contribution is 2.35. The Balaban J connectivity index is 2.11. The van der Waals surface area contributed by atoms with Gasteiger partial charge in [0.25, 0.3) is 0 Å². The van der Waals surface area contributed by atoms with Gasteiger partial charge in [-0.25, -0.2) is 18.0 Å². The Morgan fingerprint density at radius 3 is 2.43 bits per heavy atom. The molecule has 0 aliphatic carbocycles. The van der Waals surface area contributed by atoms with Gasteiger partial charge in [0.15, 0.2) is 5.58 Å². The van der Waals surface area contributed by atoms with Crippen molar-refractivity contribution in [2.24, 2.45) is 0 Å². The Morgan fingerprint density at radius 2 is 1.76 bits per heavy atom. The summed E-state index contributed by atoms with van der Waals surface area (Å²) in [7, 11) is 0. The quantitative estimate of drug-likeness (QED) is 0.704. The fourth-order valence-electron chi connectivity index (χ4n) is 2.08. The van der Waals surface area contributed by atoms with Crippen molar-refractivity contribution < 1.29 is 17.6 Å². The van der Waals surface area contributed by atoms with Gasteiger partial charge in [-0.05, 0) is 17.7 Å². The summed E-state index contributed by atoms with van der Waals surface area (Å²) >= 11 is 3.18. The van der Waals surface area contributed by atoms with E-state index in [1.54, 1.807) is 12.1 Å². The fraction of sp³-hybridized carbons (Fsp3) is 0.0714. The molecule has 3 aromatic rings. The average molecular weight is 358 g/mol. The summed E-state index contributed by atoms with van der Waals surface area (Å²) in [5.74, 6) is -3.59. The lowest BCUT2D eigenvalue weighted by molar-refractivity contribution is 0.527. The third kappa shape index (κ3) is 2.49. The second kappa shape index (κ2) is 5.07. The van der Waals surface area contributed by atoms with Crippen LogP contribution in [0.3, 0.4) is 0 Å². The first kappa shape index (κ1) is 13.9. The number of oxazole rings is 1. The molecule has 3 nitrogen and oxygen atoms in total. The number of alkyl halides is 1. The summed E-state index contributed by atoms with van der Waals surface area (Å²) in [6.45, 7) is 0. The molecule has 0 saturated heterocycles. The van der Waals surface area contributed by atoms with Gasteiger partial charge < -0.3 is 4.42 Å². The zero-order chi connectivity index (χ0) is 15.1. The standard InChI is InChI=1S/C14H7BrF3NO2/c15-13(12-8(17)4-7(16)5-9(12)18)6-1-2-10-11(3-6)21-14(20)19-10/h1-5,13H,(H,19,20). The molecular formula is C14H7BrF3NO2. The van der Waals surface area contributed by atoms with Gasteiger partial charge >= 0.3 is 5.76 Å². The minimum atomic E-state index is -0.995. The van der Waals surface area contributed by atoms with Crippen molar-refractivity contribution in [2.45, 2.75) is 4.83 Å². The smallest absolute Gasteiger partial charge is 0.408 e. The Morgan fingerprint density at radius 1 is 1.10 bits per heavy atom. The largest absolute Gasteiger partial charge is 0.417 e. The van der Waals surface area contributed by atoms with Crippen molar-refractivity contribution in [1.82, 2.24) is 4.98 Å². The maximum absolute atomic E-state index is 13.8. The van der Waals surface area contributed by atoms with Crippen LogP contribution in [0.1, 0.15) is 16.0 Å². The van der Waals surface area contributed by atoms with Crippen molar-refractivity contribution in [3.05, 3.63) is 69.5 Å². The molecule has 108 valence electrons. The molecule has 0 amide bonds. The molecule has 0 saturated carbocycles. The van der Waals surface area contributed by atoms with Gasteiger partial charge in [0.1, 0.15) is 17.5 Å².